The molecule has 0 radical (unpaired) electrons. The Hall–Kier alpha value is -4.04. The standard InChI is InChI=1S/C32H32N3O4S/c1-20-6-8-25-30(14-20)40-32(34-25)33-11-4-3-5-13-37-31-24-18-35-12-10-22-16-28-29(39-19-38-28)17-23(22)26(35)15-21(24)7-9-27(31)36-2/h6-9,14-18H,3-5,10-13,19H2,1-2H3,(H,33,34)/q+1. The number of benzene rings is 3. The number of hydrogen-bond donors (Lipinski definition) is 1. The average molecular weight is 555 g/mol. The van der Waals surface area contributed by atoms with Crippen molar-refractivity contribution in [1.82, 2.24) is 4.98 Å². The predicted octanol–water partition coefficient (Wildman–Crippen LogP) is 6.67. The van der Waals surface area contributed by atoms with Crippen LogP contribution in [0.15, 0.2) is 54.7 Å². The number of nitrogens with zero attached hydrogens (tertiary/aromatic N) is 2. The van der Waals surface area contributed by atoms with E-state index in [0.717, 1.165) is 83.2 Å². The minimum absolute atomic E-state index is 0.288. The van der Waals surface area contributed by atoms with Crippen LogP contribution in [0, 0.1) is 6.92 Å². The van der Waals surface area contributed by atoms with E-state index in [2.05, 4.69) is 70.5 Å². The topological polar surface area (TPSA) is 65.7 Å². The van der Waals surface area contributed by atoms with Crippen LogP contribution in [0.25, 0.3) is 32.2 Å². The number of thiazole rings is 1. The second kappa shape index (κ2) is 10.5. The summed E-state index contributed by atoms with van der Waals surface area (Å²) in [4.78, 5) is 4.69. The van der Waals surface area contributed by atoms with E-state index in [9.17, 15) is 0 Å². The molecule has 5 aromatic rings. The molecule has 2 aliphatic rings. The lowest BCUT2D eigenvalue weighted by Gasteiger charge is -2.18. The molecule has 1 N–H and O–H groups in total. The molecule has 0 atom stereocenters. The number of pyridine rings is 1. The molecule has 0 spiro atoms. The maximum absolute atomic E-state index is 6.37. The predicted molar refractivity (Wildman–Crippen MR) is 158 cm³/mol. The third kappa shape index (κ3) is 4.66. The number of fused-ring (bicyclic) bond motifs is 6. The van der Waals surface area contributed by atoms with Crippen LogP contribution in [-0.2, 0) is 13.0 Å². The molecule has 0 aliphatic carbocycles. The van der Waals surface area contributed by atoms with Crippen LogP contribution in [0.3, 0.4) is 0 Å². The molecular weight excluding hydrogens is 522 g/mol. The van der Waals surface area contributed by atoms with Gasteiger partial charge in [0.1, 0.15) is 0 Å². The van der Waals surface area contributed by atoms with Crippen molar-refractivity contribution < 1.29 is 23.5 Å². The molecule has 0 bridgehead atoms. The number of methoxy groups -OCH3 is 1. The van der Waals surface area contributed by atoms with Crippen LogP contribution >= 0.6 is 11.3 Å². The maximum atomic E-state index is 6.37. The van der Waals surface area contributed by atoms with E-state index in [1.165, 1.54) is 27.1 Å². The van der Waals surface area contributed by atoms with Crippen molar-refractivity contribution in [2.45, 2.75) is 39.2 Å². The Bertz CT molecular complexity index is 1730. The molecular formula is C32H32N3O4S+. The molecule has 0 fully saturated rings. The molecule has 7 rings (SSSR count). The molecule has 40 heavy (non-hydrogen) atoms. The molecule has 2 aromatic heterocycles. The van der Waals surface area contributed by atoms with Crippen LogP contribution < -0.4 is 28.8 Å². The normalized spacial score (nSPS) is 13.3. The fourth-order valence-electron chi connectivity index (χ4n) is 5.59. The highest BCUT2D eigenvalue weighted by atomic mass is 32.1. The zero-order valence-electron chi connectivity index (χ0n) is 22.8. The van der Waals surface area contributed by atoms with Crippen LogP contribution in [0.2, 0.25) is 0 Å². The highest BCUT2D eigenvalue weighted by Crippen LogP contribution is 2.41. The van der Waals surface area contributed by atoms with Gasteiger partial charge in [0.05, 0.1) is 34.9 Å². The van der Waals surface area contributed by atoms with E-state index in [-0.39, 0.29) is 6.79 Å². The number of ether oxygens (including phenoxy) is 4. The van der Waals surface area contributed by atoms with Crippen molar-refractivity contribution in [1.29, 1.82) is 0 Å². The number of anilines is 1. The molecule has 204 valence electrons. The van der Waals surface area contributed by atoms with Gasteiger partial charge < -0.3 is 24.3 Å². The summed E-state index contributed by atoms with van der Waals surface area (Å²) in [6, 6.07) is 17.0. The number of nitrogens with one attached hydrogen (secondary N) is 1. The van der Waals surface area contributed by atoms with Gasteiger partial charge in [0.25, 0.3) is 0 Å². The first-order valence-electron chi connectivity index (χ1n) is 13.9. The van der Waals surface area contributed by atoms with Gasteiger partial charge in [-0.25, -0.2) is 4.98 Å². The second-order valence-corrected chi connectivity index (χ2v) is 11.4. The van der Waals surface area contributed by atoms with Gasteiger partial charge in [-0.3, -0.25) is 0 Å². The quantitative estimate of drug-likeness (QED) is 0.162. The second-order valence-electron chi connectivity index (χ2n) is 10.4. The van der Waals surface area contributed by atoms with Crippen molar-refractivity contribution in [2.24, 2.45) is 0 Å². The zero-order chi connectivity index (χ0) is 27.1. The summed E-state index contributed by atoms with van der Waals surface area (Å²) in [6.07, 6.45) is 6.26. The van der Waals surface area contributed by atoms with Crippen molar-refractivity contribution in [3.8, 4) is 34.3 Å². The number of rotatable bonds is 9. The minimum atomic E-state index is 0.288. The van der Waals surface area contributed by atoms with Crippen LogP contribution in [0.4, 0.5) is 5.13 Å². The first-order chi connectivity index (χ1) is 19.7. The third-order valence-electron chi connectivity index (χ3n) is 7.68. The first kappa shape index (κ1) is 25.0. The molecule has 0 saturated heterocycles. The fraction of sp³-hybridized carbons (Fsp3) is 0.312. The van der Waals surface area contributed by atoms with E-state index < -0.39 is 0 Å². The van der Waals surface area contributed by atoms with Gasteiger partial charge in [-0.15, -0.1) is 0 Å². The van der Waals surface area contributed by atoms with E-state index in [1.54, 1.807) is 18.4 Å². The van der Waals surface area contributed by atoms with Crippen LogP contribution in [0.1, 0.15) is 30.4 Å². The minimum Gasteiger partial charge on any atom is -0.493 e. The number of hydrogen-bond acceptors (Lipinski definition) is 7. The van der Waals surface area contributed by atoms with Crippen LogP contribution in [0.5, 0.6) is 23.0 Å². The molecule has 0 amide bonds. The summed E-state index contributed by atoms with van der Waals surface area (Å²) < 4.78 is 26.9. The van der Waals surface area contributed by atoms with E-state index >= 15 is 0 Å². The summed E-state index contributed by atoms with van der Waals surface area (Å²) in [7, 11) is 1.70. The summed E-state index contributed by atoms with van der Waals surface area (Å²) in [5.74, 6) is 3.24. The maximum Gasteiger partial charge on any atom is 0.231 e. The summed E-state index contributed by atoms with van der Waals surface area (Å²) in [6.45, 7) is 4.85. The largest absolute Gasteiger partial charge is 0.493 e. The van der Waals surface area contributed by atoms with Gasteiger partial charge in [-0.2, -0.15) is 4.57 Å². The number of unbranched alkanes of at least 4 members (excludes halogenated alkanes) is 2. The molecule has 0 unspecified atom stereocenters. The Morgan fingerprint density at radius 3 is 2.83 bits per heavy atom. The first-order valence-corrected chi connectivity index (χ1v) is 14.7. The van der Waals surface area contributed by atoms with Gasteiger partial charge in [0, 0.05) is 19.0 Å². The third-order valence-corrected chi connectivity index (χ3v) is 8.66. The van der Waals surface area contributed by atoms with Gasteiger partial charge in [-0.1, -0.05) is 17.4 Å². The van der Waals surface area contributed by atoms with Crippen LogP contribution in [-0.4, -0.2) is 32.0 Å². The lowest BCUT2D eigenvalue weighted by molar-refractivity contribution is -0.686. The van der Waals surface area contributed by atoms with Crippen molar-refractivity contribution in [3.05, 3.63) is 65.9 Å². The van der Waals surface area contributed by atoms with Gasteiger partial charge in [0.2, 0.25) is 12.5 Å². The highest BCUT2D eigenvalue weighted by molar-refractivity contribution is 7.22. The molecule has 8 heteroatoms. The van der Waals surface area contributed by atoms with E-state index in [1.807, 2.05) is 6.07 Å². The Morgan fingerprint density at radius 1 is 1.02 bits per heavy atom. The smallest absolute Gasteiger partial charge is 0.231 e. The van der Waals surface area contributed by atoms with Gasteiger partial charge in [0.15, 0.2) is 40.9 Å². The van der Waals surface area contributed by atoms with Crippen molar-refractivity contribution in [3.63, 3.8) is 0 Å². The van der Waals surface area contributed by atoms with Crippen molar-refractivity contribution >= 4 is 37.5 Å². The molecule has 0 saturated carbocycles. The van der Waals surface area contributed by atoms with E-state index in [4.69, 9.17) is 18.9 Å². The average Bonchev–Trinajstić information content (AvgIpc) is 3.60. The van der Waals surface area contributed by atoms with Gasteiger partial charge >= 0.3 is 0 Å². The molecule has 3 aromatic carbocycles. The lowest BCUT2D eigenvalue weighted by atomic mass is 9.95. The van der Waals surface area contributed by atoms with Gasteiger partial charge in [-0.05, 0) is 79.1 Å². The Morgan fingerprint density at radius 2 is 1.93 bits per heavy atom. The van der Waals surface area contributed by atoms with Crippen molar-refractivity contribution in [2.75, 3.05) is 32.4 Å². The number of aromatic nitrogens is 2. The zero-order valence-corrected chi connectivity index (χ0v) is 23.6. The lowest BCUT2D eigenvalue weighted by Crippen LogP contribution is -2.40. The summed E-state index contributed by atoms with van der Waals surface area (Å²) in [5.41, 5.74) is 6.00. The summed E-state index contributed by atoms with van der Waals surface area (Å²) >= 11 is 1.72. The Labute approximate surface area is 237 Å². The SMILES string of the molecule is COc1ccc2cc3[n+](cc2c1OCCCCCNc1nc2ccc(C)cc2s1)CCc1cc2c(cc1-3)OCO2. The highest BCUT2D eigenvalue weighted by Gasteiger charge is 2.28. The monoisotopic (exact) mass is 554 g/mol. The summed E-state index contributed by atoms with van der Waals surface area (Å²) in [5, 5.41) is 6.67. The number of aryl methyl sites for hydroxylation is 3. The fourth-order valence-corrected chi connectivity index (χ4v) is 6.58. The molecule has 7 nitrogen and oxygen atoms in total. The Balaban J connectivity index is 1.01. The molecule has 4 heterocycles. The Kier molecular flexibility index (Phi) is 6.55. The van der Waals surface area contributed by atoms with E-state index in [0.29, 0.717) is 6.61 Å². The molecule has 2 aliphatic heterocycles.